The van der Waals surface area contributed by atoms with Crippen molar-refractivity contribution in [1.29, 1.82) is 0 Å². The average Bonchev–Trinajstić information content (AvgIpc) is 2.98. The number of hydrogen-bond acceptors (Lipinski definition) is 5. The zero-order valence-electron chi connectivity index (χ0n) is 12.9. The number of nitrogens with zero attached hydrogens (tertiary/aromatic N) is 3. The summed E-state index contributed by atoms with van der Waals surface area (Å²) in [5.74, 6) is 1.86. The number of likely N-dealkylation sites (tertiary alicyclic amines) is 1. The Bertz CT molecular complexity index is 614. The molecule has 2 aromatic rings. The molecule has 0 aliphatic carbocycles. The molecule has 0 atom stereocenters. The smallest absolute Gasteiger partial charge is 0.230 e. The van der Waals surface area contributed by atoms with Crippen LogP contribution in [0, 0.1) is 6.92 Å². The first-order valence-corrected chi connectivity index (χ1v) is 7.48. The van der Waals surface area contributed by atoms with Gasteiger partial charge >= 0.3 is 0 Å². The van der Waals surface area contributed by atoms with Gasteiger partial charge in [-0.2, -0.15) is 4.98 Å². The van der Waals surface area contributed by atoms with Crippen LogP contribution in [-0.2, 0) is 0 Å². The van der Waals surface area contributed by atoms with Crippen LogP contribution in [0.2, 0.25) is 0 Å². The Morgan fingerprint density at radius 1 is 1.29 bits per heavy atom. The minimum Gasteiger partial charge on any atom is -0.388 e. The second-order valence-corrected chi connectivity index (χ2v) is 5.81. The predicted molar refractivity (Wildman–Crippen MR) is 83.5 cm³/mol. The maximum Gasteiger partial charge on any atom is 0.230 e. The molecule has 1 aromatic heterocycles. The summed E-state index contributed by atoms with van der Waals surface area (Å²) in [4.78, 5) is 6.95. The monoisotopic (exact) mass is 286 g/mol. The standard InChI is InChI=1S/C16H22N4O/c1-11-4-5-13(10-14(11)17-2)15-18-16(21-19-15)12-6-8-20(3)9-7-12/h4-5,10,12,17H,6-9H2,1-3H3. The minimum atomic E-state index is 0.400. The third kappa shape index (κ3) is 2.93. The van der Waals surface area contributed by atoms with Gasteiger partial charge in [-0.1, -0.05) is 17.3 Å². The van der Waals surface area contributed by atoms with E-state index in [-0.39, 0.29) is 0 Å². The first-order chi connectivity index (χ1) is 10.2. The zero-order chi connectivity index (χ0) is 14.8. The summed E-state index contributed by atoms with van der Waals surface area (Å²) >= 11 is 0. The third-order valence-electron chi connectivity index (χ3n) is 4.27. The third-order valence-corrected chi connectivity index (χ3v) is 4.27. The lowest BCUT2D eigenvalue weighted by Crippen LogP contribution is -2.29. The van der Waals surface area contributed by atoms with Gasteiger partial charge in [0.15, 0.2) is 0 Å². The van der Waals surface area contributed by atoms with Crippen LogP contribution < -0.4 is 5.32 Å². The maximum atomic E-state index is 5.50. The van der Waals surface area contributed by atoms with Crippen LogP contribution in [0.4, 0.5) is 5.69 Å². The topological polar surface area (TPSA) is 54.2 Å². The number of rotatable bonds is 3. The number of anilines is 1. The Labute approximate surface area is 125 Å². The van der Waals surface area contributed by atoms with E-state index in [4.69, 9.17) is 4.52 Å². The van der Waals surface area contributed by atoms with Crippen LogP contribution in [0.25, 0.3) is 11.4 Å². The van der Waals surface area contributed by atoms with Crippen molar-refractivity contribution < 1.29 is 4.52 Å². The van der Waals surface area contributed by atoms with Crippen molar-refractivity contribution in [3.05, 3.63) is 29.7 Å². The van der Waals surface area contributed by atoms with Crippen molar-refractivity contribution in [2.45, 2.75) is 25.7 Å². The highest BCUT2D eigenvalue weighted by Gasteiger charge is 2.24. The SMILES string of the molecule is CNc1cc(-c2noc(C3CCN(C)CC3)n2)ccc1C. The van der Waals surface area contributed by atoms with Crippen molar-refractivity contribution >= 4 is 5.69 Å². The van der Waals surface area contributed by atoms with Gasteiger partial charge in [-0.3, -0.25) is 0 Å². The van der Waals surface area contributed by atoms with Crippen LogP contribution in [0.5, 0.6) is 0 Å². The van der Waals surface area contributed by atoms with E-state index in [1.54, 1.807) is 0 Å². The molecule has 1 N–H and O–H groups in total. The summed E-state index contributed by atoms with van der Waals surface area (Å²) in [6.45, 7) is 4.27. The van der Waals surface area contributed by atoms with Gasteiger partial charge < -0.3 is 14.7 Å². The van der Waals surface area contributed by atoms with Crippen LogP contribution in [-0.4, -0.2) is 42.2 Å². The van der Waals surface area contributed by atoms with Gasteiger partial charge in [0.2, 0.25) is 11.7 Å². The van der Waals surface area contributed by atoms with Gasteiger partial charge in [0.25, 0.3) is 0 Å². The van der Waals surface area contributed by atoms with Gasteiger partial charge in [0.1, 0.15) is 0 Å². The van der Waals surface area contributed by atoms with Crippen molar-refractivity contribution in [2.75, 3.05) is 32.5 Å². The van der Waals surface area contributed by atoms with Crippen LogP contribution in [0.1, 0.15) is 30.2 Å². The van der Waals surface area contributed by atoms with E-state index in [1.165, 1.54) is 5.56 Å². The lowest BCUT2D eigenvalue weighted by Gasteiger charge is -2.26. The first-order valence-electron chi connectivity index (χ1n) is 7.48. The molecular weight excluding hydrogens is 264 g/mol. The molecular formula is C16H22N4O. The number of aromatic nitrogens is 2. The summed E-state index contributed by atoms with van der Waals surface area (Å²) in [6.07, 6.45) is 2.18. The second kappa shape index (κ2) is 5.85. The Hall–Kier alpha value is -1.88. The molecule has 112 valence electrons. The molecule has 0 unspecified atom stereocenters. The average molecular weight is 286 g/mol. The molecule has 2 heterocycles. The largest absolute Gasteiger partial charge is 0.388 e. The first kappa shape index (κ1) is 14.1. The molecule has 0 radical (unpaired) electrons. The highest BCUT2D eigenvalue weighted by Crippen LogP contribution is 2.29. The van der Waals surface area contributed by atoms with Gasteiger partial charge in [-0.15, -0.1) is 0 Å². The summed E-state index contributed by atoms with van der Waals surface area (Å²) in [7, 11) is 4.08. The molecule has 1 saturated heterocycles. The molecule has 1 aliphatic heterocycles. The Kier molecular flexibility index (Phi) is 3.92. The summed E-state index contributed by atoms with van der Waals surface area (Å²) in [5, 5.41) is 7.35. The highest BCUT2D eigenvalue weighted by molar-refractivity contribution is 5.64. The number of hydrogen-bond donors (Lipinski definition) is 1. The van der Waals surface area contributed by atoms with Crippen LogP contribution in [0.3, 0.4) is 0 Å². The number of aryl methyl sites for hydroxylation is 1. The van der Waals surface area contributed by atoms with E-state index in [0.29, 0.717) is 11.7 Å². The number of nitrogens with one attached hydrogen (secondary N) is 1. The molecule has 0 amide bonds. The van der Waals surface area contributed by atoms with Gasteiger partial charge in [-0.25, -0.2) is 0 Å². The minimum absolute atomic E-state index is 0.400. The fourth-order valence-electron chi connectivity index (χ4n) is 2.80. The maximum absolute atomic E-state index is 5.50. The molecule has 1 aliphatic rings. The molecule has 1 fully saturated rings. The number of piperidine rings is 1. The molecule has 0 spiro atoms. The van der Waals surface area contributed by atoms with Crippen LogP contribution in [0.15, 0.2) is 22.7 Å². The Morgan fingerprint density at radius 3 is 2.76 bits per heavy atom. The zero-order valence-corrected chi connectivity index (χ0v) is 12.9. The Balaban J connectivity index is 1.81. The number of benzene rings is 1. The summed E-state index contributed by atoms with van der Waals surface area (Å²) in [6, 6.07) is 6.19. The van der Waals surface area contributed by atoms with Gasteiger partial charge in [0, 0.05) is 24.2 Å². The molecule has 0 saturated carbocycles. The van der Waals surface area contributed by atoms with E-state index in [1.807, 2.05) is 13.1 Å². The summed E-state index contributed by atoms with van der Waals surface area (Å²) < 4.78 is 5.50. The molecule has 5 nitrogen and oxygen atoms in total. The molecule has 1 aromatic carbocycles. The van der Waals surface area contributed by atoms with Crippen molar-refractivity contribution in [2.24, 2.45) is 0 Å². The van der Waals surface area contributed by atoms with Crippen LogP contribution >= 0.6 is 0 Å². The summed E-state index contributed by atoms with van der Waals surface area (Å²) in [5.41, 5.74) is 3.30. The van der Waals surface area contributed by atoms with E-state index >= 15 is 0 Å². The molecule has 5 heteroatoms. The van der Waals surface area contributed by atoms with Crippen molar-refractivity contribution in [1.82, 2.24) is 15.0 Å². The second-order valence-electron chi connectivity index (χ2n) is 5.81. The highest BCUT2D eigenvalue weighted by atomic mass is 16.5. The normalized spacial score (nSPS) is 17.1. The fraction of sp³-hybridized carbons (Fsp3) is 0.500. The predicted octanol–water partition coefficient (Wildman–Crippen LogP) is 2.90. The molecule has 3 rings (SSSR count). The van der Waals surface area contributed by atoms with Gasteiger partial charge in [0.05, 0.1) is 0 Å². The lowest BCUT2D eigenvalue weighted by atomic mass is 9.97. The van der Waals surface area contributed by atoms with E-state index < -0.39 is 0 Å². The fourth-order valence-corrected chi connectivity index (χ4v) is 2.80. The van der Waals surface area contributed by atoms with Crippen molar-refractivity contribution in [3.8, 4) is 11.4 Å². The van der Waals surface area contributed by atoms with E-state index in [0.717, 1.165) is 43.1 Å². The van der Waals surface area contributed by atoms with E-state index in [9.17, 15) is 0 Å². The molecule has 21 heavy (non-hydrogen) atoms. The quantitative estimate of drug-likeness (QED) is 0.940. The molecule has 0 bridgehead atoms. The van der Waals surface area contributed by atoms with Gasteiger partial charge in [-0.05, 0) is 51.5 Å². The van der Waals surface area contributed by atoms with Crippen molar-refractivity contribution in [3.63, 3.8) is 0 Å². The lowest BCUT2D eigenvalue weighted by molar-refractivity contribution is 0.227. The Morgan fingerprint density at radius 2 is 2.05 bits per heavy atom. The van der Waals surface area contributed by atoms with E-state index in [2.05, 4.69) is 46.5 Å².